The van der Waals surface area contributed by atoms with Crippen molar-refractivity contribution >= 4 is 15.9 Å². The van der Waals surface area contributed by atoms with Gasteiger partial charge in [-0.25, -0.2) is 13.1 Å². The van der Waals surface area contributed by atoms with Gasteiger partial charge < -0.3 is 9.47 Å². The molecule has 1 aromatic rings. The number of aryl methyl sites for hydroxylation is 1. The number of fused-ring (bicyclic) bond motifs is 2. The second-order valence-corrected chi connectivity index (χ2v) is 7.47. The molecule has 0 aromatic heterocycles. The quantitative estimate of drug-likeness (QED) is 0.904. The molecule has 0 saturated carbocycles. The molecule has 120 valence electrons. The third-order valence-electron chi connectivity index (χ3n) is 4.35. The maximum atomic E-state index is 12.4. The summed E-state index contributed by atoms with van der Waals surface area (Å²) in [6.07, 6.45) is 2.35. The molecular formula is C15H19NO5S. The molecule has 2 aliphatic heterocycles. The topological polar surface area (TPSA) is 81.7 Å². The lowest BCUT2D eigenvalue weighted by Crippen LogP contribution is -2.39. The normalized spacial score (nSPS) is 26.9. The fourth-order valence-electron chi connectivity index (χ4n) is 3.23. The summed E-state index contributed by atoms with van der Waals surface area (Å²) < 4.78 is 37.7. The van der Waals surface area contributed by atoms with Gasteiger partial charge in [-0.15, -0.1) is 0 Å². The highest BCUT2D eigenvalue weighted by Gasteiger charge is 2.45. The van der Waals surface area contributed by atoms with Gasteiger partial charge in [-0.2, -0.15) is 0 Å². The van der Waals surface area contributed by atoms with Crippen LogP contribution in [0.2, 0.25) is 0 Å². The Balaban J connectivity index is 1.77. The molecule has 6 nitrogen and oxygen atoms in total. The Morgan fingerprint density at radius 2 is 2.14 bits per heavy atom. The Morgan fingerprint density at radius 1 is 1.36 bits per heavy atom. The molecule has 3 atom stereocenters. The van der Waals surface area contributed by atoms with Crippen molar-refractivity contribution in [2.24, 2.45) is 5.92 Å². The Labute approximate surface area is 129 Å². The van der Waals surface area contributed by atoms with Crippen molar-refractivity contribution in [2.45, 2.75) is 43.3 Å². The summed E-state index contributed by atoms with van der Waals surface area (Å²) in [5.74, 6) is -0.265. The van der Waals surface area contributed by atoms with Gasteiger partial charge in [0.25, 0.3) is 10.0 Å². The summed E-state index contributed by atoms with van der Waals surface area (Å²) in [4.78, 5) is 12.4. The average Bonchev–Trinajstić information content (AvgIpc) is 3.09. The molecule has 1 amide bonds. The number of nitrogens with one attached hydrogen (secondary N) is 1. The third-order valence-corrected chi connectivity index (χ3v) is 5.86. The number of amides is 1. The van der Waals surface area contributed by atoms with E-state index in [-0.39, 0.29) is 23.0 Å². The SMILES string of the molecule is COc1ccc(S(=O)(=O)NC(=O)[C@@H]2C[C@H]3CC[C@@H]2O3)c(C)c1. The highest BCUT2D eigenvalue weighted by atomic mass is 32.2. The maximum absolute atomic E-state index is 12.4. The maximum Gasteiger partial charge on any atom is 0.264 e. The Morgan fingerprint density at radius 3 is 2.68 bits per heavy atom. The van der Waals surface area contributed by atoms with Crippen molar-refractivity contribution in [3.8, 4) is 5.75 Å². The second kappa shape index (κ2) is 5.55. The van der Waals surface area contributed by atoms with Crippen molar-refractivity contribution in [1.29, 1.82) is 0 Å². The molecule has 2 heterocycles. The van der Waals surface area contributed by atoms with Crippen molar-refractivity contribution in [2.75, 3.05) is 7.11 Å². The molecule has 2 aliphatic rings. The lowest BCUT2D eigenvalue weighted by atomic mass is 9.89. The van der Waals surface area contributed by atoms with Crippen LogP contribution in [0.25, 0.3) is 0 Å². The van der Waals surface area contributed by atoms with Crippen molar-refractivity contribution < 1.29 is 22.7 Å². The zero-order valence-corrected chi connectivity index (χ0v) is 13.4. The van der Waals surface area contributed by atoms with E-state index in [1.54, 1.807) is 19.1 Å². The number of methoxy groups -OCH3 is 1. The molecular weight excluding hydrogens is 306 g/mol. The standard InChI is InChI=1S/C15H19NO5S/c1-9-7-10(20-2)4-6-14(9)22(18,19)16-15(17)12-8-11-3-5-13(12)21-11/h4,6-7,11-13H,3,5,8H2,1-2H3,(H,16,17)/t11-,12-,13+/m1/s1. The van der Waals surface area contributed by atoms with Crippen LogP contribution in [-0.2, 0) is 19.6 Å². The van der Waals surface area contributed by atoms with Gasteiger partial charge in [0.1, 0.15) is 5.75 Å². The highest BCUT2D eigenvalue weighted by molar-refractivity contribution is 7.90. The Bertz CT molecular complexity index is 700. The van der Waals surface area contributed by atoms with Crippen LogP contribution in [0.15, 0.2) is 23.1 Å². The number of carbonyl (C=O) groups is 1. The molecule has 1 aromatic carbocycles. The molecule has 0 unspecified atom stereocenters. The minimum Gasteiger partial charge on any atom is -0.497 e. The van der Waals surface area contributed by atoms with Gasteiger partial charge in [-0.3, -0.25) is 4.79 Å². The lowest BCUT2D eigenvalue weighted by molar-refractivity contribution is -0.124. The number of carbonyl (C=O) groups excluding carboxylic acids is 1. The van der Waals surface area contributed by atoms with Gasteiger partial charge in [-0.05, 0) is 49.9 Å². The number of ether oxygens (including phenoxy) is 2. The van der Waals surface area contributed by atoms with Crippen molar-refractivity contribution in [3.63, 3.8) is 0 Å². The summed E-state index contributed by atoms with van der Waals surface area (Å²) in [6.45, 7) is 1.67. The lowest BCUT2D eigenvalue weighted by Gasteiger charge is -2.18. The first-order valence-corrected chi connectivity index (χ1v) is 8.76. The highest BCUT2D eigenvalue weighted by Crippen LogP contribution is 2.39. The van der Waals surface area contributed by atoms with Crippen LogP contribution in [0, 0.1) is 12.8 Å². The summed E-state index contributed by atoms with van der Waals surface area (Å²) in [5, 5.41) is 0. The monoisotopic (exact) mass is 325 g/mol. The van der Waals surface area contributed by atoms with E-state index in [2.05, 4.69) is 4.72 Å². The minimum atomic E-state index is -3.88. The van der Waals surface area contributed by atoms with Crippen LogP contribution in [0.3, 0.4) is 0 Å². The zero-order chi connectivity index (χ0) is 15.9. The zero-order valence-electron chi connectivity index (χ0n) is 12.5. The number of hydrogen-bond donors (Lipinski definition) is 1. The summed E-state index contributed by atoms with van der Waals surface area (Å²) >= 11 is 0. The molecule has 7 heteroatoms. The van der Waals surface area contributed by atoms with Crippen LogP contribution >= 0.6 is 0 Å². The van der Waals surface area contributed by atoms with Crippen LogP contribution in [-0.4, -0.2) is 33.6 Å². The molecule has 1 N–H and O–H groups in total. The van der Waals surface area contributed by atoms with E-state index in [1.807, 2.05) is 0 Å². The van der Waals surface area contributed by atoms with Crippen LogP contribution in [0.5, 0.6) is 5.75 Å². The van der Waals surface area contributed by atoms with Crippen molar-refractivity contribution in [3.05, 3.63) is 23.8 Å². The second-order valence-electron chi connectivity index (χ2n) is 5.82. The predicted molar refractivity (Wildman–Crippen MR) is 79.1 cm³/mol. The molecule has 2 bridgehead atoms. The van der Waals surface area contributed by atoms with Gasteiger partial charge in [-0.1, -0.05) is 0 Å². The number of sulfonamides is 1. The first-order valence-electron chi connectivity index (χ1n) is 7.27. The summed E-state index contributed by atoms with van der Waals surface area (Å²) in [6, 6.07) is 4.63. The molecule has 0 radical (unpaired) electrons. The largest absolute Gasteiger partial charge is 0.497 e. The van der Waals surface area contributed by atoms with Crippen LogP contribution in [0.4, 0.5) is 0 Å². The molecule has 0 spiro atoms. The van der Waals surface area contributed by atoms with E-state index in [9.17, 15) is 13.2 Å². The minimum absolute atomic E-state index is 0.0886. The fourth-order valence-corrected chi connectivity index (χ4v) is 4.48. The molecule has 0 aliphatic carbocycles. The van der Waals surface area contributed by atoms with E-state index in [1.165, 1.54) is 13.2 Å². The Hall–Kier alpha value is -1.60. The van der Waals surface area contributed by atoms with Gasteiger partial charge in [0, 0.05) is 0 Å². The average molecular weight is 325 g/mol. The first-order chi connectivity index (χ1) is 10.4. The van der Waals surface area contributed by atoms with E-state index < -0.39 is 15.9 Å². The van der Waals surface area contributed by atoms with Gasteiger partial charge in [0.15, 0.2) is 0 Å². The van der Waals surface area contributed by atoms with Gasteiger partial charge >= 0.3 is 0 Å². The van der Waals surface area contributed by atoms with Crippen molar-refractivity contribution in [1.82, 2.24) is 4.72 Å². The van der Waals surface area contributed by atoms with Crippen LogP contribution in [0.1, 0.15) is 24.8 Å². The number of benzene rings is 1. The summed E-state index contributed by atoms with van der Waals surface area (Å²) in [5.41, 5.74) is 0.531. The fraction of sp³-hybridized carbons (Fsp3) is 0.533. The number of hydrogen-bond acceptors (Lipinski definition) is 5. The van der Waals surface area contributed by atoms with Crippen LogP contribution < -0.4 is 9.46 Å². The summed E-state index contributed by atoms with van der Waals surface area (Å²) in [7, 11) is -2.37. The Kier molecular flexibility index (Phi) is 3.86. The van der Waals surface area contributed by atoms with Gasteiger partial charge in [0.2, 0.25) is 5.91 Å². The molecule has 22 heavy (non-hydrogen) atoms. The number of rotatable bonds is 4. The van der Waals surface area contributed by atoms with Gasteiger partial charge in [0.05, 0.1) is 30.1 Å². The van der Waals surface area contributed by atoms with E-state index in [0.29, 0.717) is 17.7 Å². The van der Waals surface area contributed by atoms with E-state index >= 15 is 0 Å². The molecule has 3 rings (SSSR count). The van der Waals surface area contributed by atoms with E-state index in [0.717, 1.165) is 12.8 Å². The third kappa shape index (κ3) is 2.70. The smallest absolute Gasteiger partial charge is 0.264 e. The first kappa shape index (κ1) is 15.3. The molecule has 2 fully saturated rings. The molecule has 2 saturated heterocycles. The predicted octanol–water partition coefficient (Wildman–Crippen LogP) is 1.38. The van der Waals surface area contributed by atoms with E-state index in [4.69, 9.17) is 9.47 Å².